The van der Waals surface area contributed by atoms with Crippen molar-refractivity contribution in [3.63, 3.8) is 0 Å². The number of benzene rings is 2. The second kappa shape index (κ2) is 11.9. The number of piperazine rings is 1. The Hall–Kier alpha value is -3.86. The van der Waals surface area contributed by atoms with Crippen molar-refractivity contribution in [3.8, 4) is 5.75 Å². The molecule has 12 heteroatoms. The van der Waals surface area contributed by atoms with E-state index in [2.05, 4.69) is 14.6 Å². The summed E-state index contributed by atoms with van der Waals surface area (Å²) < 4.78 is 71.6. The molecule has 41 heavy (non-hydrogen) atoms. The monoisotopic (exact) mass is 594 g/mol. The van der Waals surface area contributed by atoms with Gasteiger partial charge in [0.1, 0.15) is 28.7 Å². The number of aryl methyl sites for hydroxylation is 2. The van der Waals surface area contributed by atoms with Gasteiger partial charge in [0.25, 0.3) is 0 Å². The number of rotatable bonds is 7. The maximum absolute atomic E-state index is 15.2. The Balaban J connectivity index is 0.00000387. The van der Waals surface area contributed by atoms with Crippen LogP contribution in [0.4, 0.5) is 33.3 Å². The molecule has 4 aromatic rings. The van der Waals surface area contributed by atoms with Gasteiger partial charge in [-0.3, -0.25) is 9.20 Å². The molecule has 0 bridgehead atoms. The summed E-state index contributed by atoms with van der Waals surface area (Å²) >= 11 is 0. The Bertz CT molecular complexity index is 1540. The average Bonchev–Trinajstić information content (AvgIpc) is 3.22. The third-order valence-corrected chi connectivity index (χ3v) is 7.04. The van der Waals surface area contributed by atoms with Crippen molar-refractivity contribution in [1.29, 1.82) is 0 Å². The molecule has 0 amide bonds. The van der Waals surface area contributed by atoms with Crippen LogP contribution in [0, 0.1) is 18.6 Å². The van der Waals surface area contributed by atoms with Gasteiger partial charge in [-0.25, -0.2) is 13.8 Å². The first kappa shape index (κ1) is 30.1. The second-order valence-corrected chi connectivity index (χ2v) is 9.86. The van der Waals surface area contributed by atoms with Gasteiger partial charge in [-0.2, -0.15) is 0 Å². The smallest absolute Gasteiger partial charge is 0.406 e. The van der Waals surface area contributed by atoms with E-state index in [1.165, 1.54) is 40.9 Å². The summed E-state index contributed by atoms with van der Waals surface area (Å²) in [5.74, 6) is -1.36. The predicted octanol–water partition coefficient (Wildman–Crippen LogP) is 6.77. The topological polar surface area (TPSA) is 50.1 Å². The molecule has 6 nitrogen and oxygen atoms in total. The van der Waals surface area contributed by atoms with Crippen LogP contribution in [0.25, 0.3) is 5.65 Å². The summed E-state index contributed by atoms with van der Waals surface area (Å²) in [6.07, 6.45) is -3.08. The lowest BCUT2D eigenvalue weighted by atomic mass is 10.0. The van der Waals surface area contributed by atoms with Crippen molar-refractivity contribution in [1.82, 2.24) is 9.38 Å². The zero-order valence-electron chi connectivity index (χ0n) is 22.3. The third kappa shape index (κ3) is 6.73. The van der Waals surface area contributed by atoms with Crippen molar-refractivity contribution < 1.29 is 31.5 Å². The molecule has 1 aliphatic rings. The summed E-state index contributed by atoms with van der Waals surface area (Å²) in [4.78, 5) is 21.2. The molecule has 1 aliphatic heterocycles. The number of hydrogen-bond acceptors (Lipinski definition) is 5. The number of halogens is 6. The third-order valence-electron chi connectivity index (χ3n) is 7.04. The van der Waals surface area contributed by atoms with Crippen LogP contribution in [0.5, 0.6) is 5.75 Å². The fourth-order valence-electron chi connectivity index (χ4n) is 5.21. The van der Waals surface area contributed by atoms with E-state index in [1.54, 1.807) is 31.2 Å². The molecule has 0 saturated carbocycles. The van der Waals surface area contributed by atoms with Crippen molar-refractivity contribution >= 4 is 35.2 Å². The Morgan fingerprint density at radius 2 is 1.78 bits per heavy atom. The van der Waals surface area contributed by atoms with Gasteiger partial charge in [-0.05, 0) is 74.4 Å². The van der Waals surface area contributed by atoms with E-state index in [-0.39, 0.29) is 36.4 Å². The molecule has 218 valence electrons. The van der Waals surface area contributed by atoms with Crippen LogP contribution in [0.3, 0.4) is 0 Å². The van der Waals surface area contributed by atoms with Crippen LogP contribution in [0.2, 0.25) is 0 Å². The molecule has 0 N–H and O–H groups in total. The minimum absolute atomic E-state index is 0. The van der Waals surface area contributed by atoms with Gasteiger partial charge in [-0.15, -0.1) is 25.6 Å². The van der Waals surface area contributed by atoms with Gasteiger partial charge in [0.05, 0.1) is 11.4 Å². The minimum Gasteiger partial charge on any atom is -0.406 e. The van der Waals surface area contributed by atoms with Gasteiger partial charge in [0.15, 0.2) is 5.78 Å². The molecule has 0 unspecified atom stereocenters. The van der Waals surface area contributed by atoms with Gasteiger partial charge >= 0.3 is 6.36 Å². The number of Topliss-reactive ketones (excluding diaryl/α,β-unsaturated/α-hetero) is 1. The highest BCUT2D eigenvalue weighted by atomic mass is 35.5. The molecule has 0 aliphatic carbocycles. The van der Waals surface area contributed by atoms with E-state index in [9.17, 15) is 22.4 Å². The highest BCUT2D eigenvalue weighted by Crippen LogP contribution is 2.30. The summed E-state index contributed by atoms with van der Waals surface area (Å²) in [6, 6.07) is 13.4. The summed E-state index contributed by atoms with van der Waals surface area (Å²) in [7, 11) is 0. The molecular weight excluding hydrogens is 567 g/mol. The number of pyridine rings is 1. The first-order chi connectivity index (χ1) is 19.0. The van der Waals surface area contributed by atoms with E-state index in [4.69, 9.17) is 0 Å². The van der Waals surface area contributed by atoms with Crippen LogP contribution >= 0.6 is 12.4 Å². The van der Waals surface area contributed by atoms with Crippen molar-refractivity contribution in [3.05, 3.63) is 89.4 Å². The van der Waals surface area contributed by atoms with E-state index in [1.807, 2.05) is 11.8 Å². The fourth-order valence-corrected chi connectivity index (χ4v) is 5.21. The summed E-state index contributed by atoms with van der Waals surface area (Å²) in [5, 5.41) is 0. The Morgan fingerprint density at radius 1 is 1.05 bits per heavy atom. The van der Waals surface area contributed by atoms with Crippen molar-refractivity contribution in [2.75, 3.05) is 29.4 Å². The maximum atomic E-state index is 15.2. The molecule has 3 heterocycles. The van der Waals surface area contributed by atoms with E-state index < -0.39 is 18.0 Å². The quantitative estimate of drug-likeness (QED) is 0.175. The number of ketones is 1. The zero-order valence-corrected chi connectivity index (χ0v) is 23.1. The minimum atomic E-state index is -4.75. The molecule has 5 rings (SSSR count). The predicted molar refractivity (Wildman–Crippen MR) is 148 cm³/mol. The first-order valence-electron chi connectivity index (χ1n) is 12.8. The zero-order chi connectivity index (χ0) is 28.6. The van der Waals surface area contributed by atoms with Crippen molar-refractivity contribution in [2.45, 2.75) is 39.1 Å². The SMILES string of the molecule is Cc1nc2ccc(F)cn2c1C(=O)CCc1ccc(N2CCN(c3ccc(OC(F)(F)F)cc3)[C@H](C)C2)c(F)c1.Cl. The number of alkyl halides is 3. The van der Waals surface area contributed by atoms with Crippen LogP contribution < -0.4 is 14.5 Å². The van der Waals surface area contributed by atoms with Crippen LogP contribution in [-0.2, 0) is 6.42 Å². The summed E-state index contributed by atoms with van der Waals surface area (Å²) in [6.45, 7) is 5.25. The number of fused-ring (bicyclic) bond motifs is 1. The lowest BCUT2D eigenvalue weighted by molar-refractivity contribution is -0.274. The first-order valence-corrected chi connectivity index (χ1v) is 12.8. The van der Waals surface area contributed by atoms with Crippen LogP contribution in [-0.4, -0.2) is 47.2 Å². The van der Waals surface area contributed by atoms with E-state index in [0.29, 0.717) is 54.3 Å². The highest BCUT2D eigenvalue weighted by Gasteiger charge is 2.31. The summed E-state index contributed by atoms with van der Waals surface area (Å²) in [5.41, 5.74) is 3.19. The van der Waals surface area contributed by atoms with Gasteiger partial charge in [0, 0.05) is 44.0 Å². The number of anilines is 2. The Labute approximate surface area is 239 Å². The lowest BCUT2D eigenvalue weighted by Crippen LogP contribution is -2.52. The fraction of sp³-hybridized carbons (Fsp3) is 0.310. The van der Waals surface area contributed by atoms with E-state index >= 15 is 4.39 Å². The normalized spacial score (nSPS) is 15.6. The molecule has 2 aromatic carbocycles. The number of ether oxygens (including phenoxy) is 1. The molecule has 1 saturated heterocycles. The van der Waals surface area contributed by atoms with Gasteiger partial charge < -0.3 is 14.5 Å². The Kier molecular flexibility index (Phi) is 8.77. The van der Waals surface area contributed by atoms with Gasteiger partial charge in [0.2, 0.25) is 0 Å². The molecule has 1 atom stereocenters. The standard InChI is InChI=1S/C29H27F5N4O2.ClH/c1-18-16-36(13-14-37(18)22-6-8-23(9-7-22)40-29(32,33)34)25-10-3-20(15-24(25)31)4-11-26(39)28-19(2)35-27-12-5-21(30)17-38(27)28;/h3,5-10,12,15,17-18H,4,11,13-14,16H2,1-2H3;1H/t18-;/m1./s1. The maximum Gasteiger partial charge on any atom is 0.573 e. The van der Waals surface area contributed by atoms with E-state index in [0.717, 1.165) is 5.69 Å². The van der Waals surface area contributed by atoms with Crippen LogP contribution in [0.15, 0.2) is 60.8 Å². The Morgan fingerprint density at radius 3 is 2.44 bits per heavy atom. The van der Waals surface area contributed by atoms with Crippen LogP contribution in [0.1, 0.15) is 35.1 Å². The number of carbonyl (C=O) groups is 1. The largest absolute Gasteiger partial charge is 0.573 e. The molecule has 0 spiro atoms. The second-order valence-electron chi connectivity index (χ2n) is 9.86. The number of aromatic nitrogens is 2. The average molecular weight is 595 g/mol. The number of hydrogen-bond donors (Lipinski definition) is 0. The number of nitrogens with zero attached hydrogens (tertiary/aromatic N) is 4. The molecule has 0 radical (unpaired) electrons. The molecule has 2 aromatic heterocycles. The highest BCUT2D eigenvalue weighted by molar-refractivity contribution is 5.96. The van der Waals surface area contributed by atoms with Gasteiger partial charge in [-0.1, -0.05) is 6.07 Å². The molecular formula is C29H28ClF5N4O2. The van der Waals surface area contributed by atoms with Crippen molar-refractivity contribution in [2.24, 2.45) is 0 Å². The molecule has 1 fully saturated rings. The number of imidazole rings is 1. The number of carbonyl (C=O) groups excluding carboxylic acids is 1. The lowest BCUT2D eigenvalue weighted by Gasteiger charge is -2.42.